The summed E-state index contributed by atoms with van der Waals surface area (Å²) < 4.78 is 10.2. The van der Waals surface area contributed by atoms with Crippen LogP contribution in [0.4, 0.5) is 11.4 Å². The summed E-state index contributed by atoms with van der Waals surface area (Å²) in [5.41, 5.74) is -0.477. The molecule has 1 saturated carbocycles. The Kier molecular flexibility index (Phi) is 6.11. The highest BCUT2D eigenvalue weighted by Gasteiger charge is 2.61. The standard InChI is InChI=1S/C23H25N3O8/c1-11(2)20(25-21(28)18-12-4-5-13(8-12)19(18)22(25)29)23(30)34-10-17(27)24-15-9-14(33-3)6-7-16(15)26(31)32/h4-7,9,11-13,18-20H,8,10H2,1-3H3,(H,24,27)/t12-,13-,18-,19+,20+/m0/s1. The number of amides is 3. The average molecular weight is 471 g/mol. The Labute approximate surface area is 195 Å². The molecular formula is C23H25N3O8. The summed E-state index contributed by atoms with van der Waals surface area (Å²) in [5.74, 6) is -3.49. The highest BCUT2D eigenvalue weighted by atomic mass is 16.6. The highest BCUT2D eigenvalue weighted by Crippen LogP contribution is 2.53. The summed E-state index contributed by atoms with van der Waals surface area (Å²) in [7, 11) is 1.37. The maximum Gasteiger partial charge on any atom is 0.330 e. The van der Waals surface area contributed by atoms with Crippen molar-refractivity contribution in [2.75, 3.05) is 19.0 Å². The van der Waals surface area contributed by atoms with Gasteiger partial charge >= 0.3 is 5.97 Å². The van der Waals surface area contributed by atoms with Crippen LogP contribution in [0.3, 0.4) is 0 Å². The molecule has 1 aromatic rings. The normalized spacial score (nSPS) is 25.5. The minimum atomic E-state index is -1.16. The van der Waals surface area contributed by atoms with Crippen LogP contribution in [0.5, 0.6) is 5.75 Å². The molecule has 0 unspecified atom stereocenters. The lowest BCUT2D eigenvalue weighted by Crippen LogP contribution is -2.50. The maximum absolute atomic E-state index is 13.1. The van der Waals surface area contributed by atoms with Gasteiger partial charge in [-0.2, -0.15) is 0 Å². The third-order valence-electron chi connectivity index (χ3n) is 6.68. The number of nitro groups is 1. The first-order valence-corrected chi connectivity index (χ1v) is 11.0. The van der Waals surface area contributed by atoms with E-state index < -0.39 is 47.2 Å². The van der Waals surface area contributed by atoms with E-state index in [1.165, 1.54) is 25.3 Å². The first-order valence-electron chi connectivity index (χ1n) is 11.0. The Morgan fingerprint density at radius 3 is 2.32 bits per heavy atom. The number of nitrogens with one attached hydrogen (secondary N) is 1. The first kappa shape index (κ1) is 23.4. The van der Waals surface area contributed by atoms with Crippen LogP contribution in [0, 0.1) is 39.7 Å². The third kappa shape index (κ3) is 3.91. The molecule has 11 nitrogen and oxygen atoms in total. The highest BCUT2D eigenvalue weighted by molar-refractivity contribution is 6.09. The number of fused-ring (bicyclic) bond motifs is 5. The second-order valence-electron chi connectivity index (χ2n) is 9.03. The van der Waals surface area contributed by atoms with Gasteiger partial charge in [-0.05, 0) is 30.2 Å². The Bertz CT molecular complexity index is 1070. The number of carbonyl (C=O) groups is 4. The van der Waals surface area contributed by atoms with Gasteiger partial charge in [0.15, 0.2) is 6.61 Å². The Balaban J connectivity index is 1.44. The fourth-order valence-corrected chi connectivity index (χ4v) is 5.19. The second kappa shape index (κ2) is 8.88. The monoisotopic (exact) mass is 471 g/mol. The molecule has 0 radical (unpaired) electrons. The second-order valence-corrected chi connectivity index (χ2v) is 9.03. The fourth-order valence-electron chi connectivity index (χ4n) is 5.19. The van der Waals surface area contributed by atoms with Crippen LogP contribution in [0.15, 0.2) is 30.4 Å². The molecule has 1 aromatic carbocycles. The molecule has 2 aliphatic carbocycles. The van der Waals surface area contributed by atoms with E-state index in [4.69, 9.17) is 9.47 Å². The van der Waals surface area contributed by atoms with Crippen LogP contribution < -0.4 is 10.1 Å². The van der Waals surface area contributed by atoms with Gasteiger partial charge in [0.1, 0.15) is 17.5 Å². The van der Waals surface area contributed by atoms with Crippen LogP contribution >= 0.6 is 0 Å². The summed E-state index contributed by atoms with van der Waals surface area (Å²) in [6, 6.07) is 2.67. The summed E-state index contributed by atoms with van der Waals surface area (Å²) in [4.78, 5) is 63.0. The minimum absolute atomic E-state index is 0.00437. The van der Waals surface area contributed by atoms with Crippen molar-refractivity contribution in [3.63, 3.8) is 0 Å². The van der Waals surface area contributed by atoms with E-state index in [-0.39, 0.29) is 40.8 Å². The zero-order valence-corrected chi connectivity index (χ0v) is 18.9. The number of benzene rings is 1. The van der Waals surface area contributed by atoms with Crippen LogP contribution in [0.25, 0.3) is 0 Å². The predicted octanol–water partition coefficient (Wildman–Crippen LogP) is 1.92. The van der Waals surface area contributed by atoms with Crippen molar-refractivity contribution in [3.8, 4) is 5.75 Å². The largest absolute Gasteiger partial charge is 0.497 e. The lowest BCUT2D eigenvalue weighted by atomic mass is 9.85. The Hall–Kier alpha value is -3.76. The summed E-state index contributed by atoms with van der Waals surface area (Å²) >= 11 is 0. The number of methoxy groups -OCH3 is 1. The Morgan fingerprint density at radius 1 is 1.18 bits per heavy atom. The molecule has 2 bridgehead atoms. The minimum Gasteiger partial charge on any atom is -0.497 e. The summed E-state index contributed by atoms with van der Waals surface area (Å²) in [5, 5.41) is 13.6. The molecule has 11 heteroatoms. The van der Waals surface area contributed by atoms with Crippen molar-refractivity contribution in [3.05, 3.63) is 40.5 Å². The smallest absolute Gasteiger partial charge is 0.330 e. The molecule has 1 N–H and O–H groups in total. The predicted molar refractivity (Wildman–Crippen MR) is 117 cm³/mol. The lowest BCUT2D eigenvalue weighted by molar-refractivity contribution is -0.383. The average Bonchev–Trinajstić information content (AvgIpc) is 3.47. The zero-order chi connectivity index (χ0) is 24.7. The van der Waals surface area contributed by atoms with Gasteiger partial charge in [0, 0.05) is 12.1 Å². The van der Waals surface area contributed by atoms with E-state index in [1.54, 1.807) is 13.8 Å². The van der Waals surface area contributed by atoms with E-state index in [9.17, 15) is 29.3 Å². The van der Waals surface area contributed by atoms with Gasteiger partial charge in [-0.25, -0.2) is 4.79 Å². The SMILES string of the molecule is COc1ccc([N+](=O)[O-])c(NC(=O)COC(=O)[C@@H](C(C)C)N2C(=O)[C@@H]3[C@H](C2=O)[C@H]2C=C[C@H]3C2)c1. The lowest BCUT2D eigenvalue weighted by Gasteiger charge is -2.28. The number of hydrogen-bond donors (Lipinski definition) is 1. The quantitative estimate of drug-likeness (QED) is 0.199. The molecule has 3 amide bonds. The van der Waals surface area contributed by atoms with Gasteiger partial charge in [0.2, 0.25) is 11.8 Å². The van der Waals surface area contributed by atoms with Crippen molar-refractivity contribution in [2.45, 2.75) is 26.3 Å². The zero-order valence-electron chi connectivity index (χ0n) is 18.9. The van der Waals surface area contributed by atoms with Gasteiger partial charge in [-0.1, -0.05) is 26.0 Å². The van der Waals surface area contributed by atoms with Crippen molar-refractivity contribution in [1.29, 1.82) is 0 Å². The number of hydrogen-bond acceptors (Lipinski definition) is 8. The number of likely N-dealkylation sites (tertiary alicyclic amines) is 1. The van der Waals surface area contributed by atoms with Crippen molar-refractivity contribution in [1.82, 2.24) is 4.90 Å². The number of allylic oxidation sites excluding steroid dienone is 2. The number of carbonyl (C=O) groups excluding carboxylic acids is 4. The molecule has 34 heavy (non-hydrogen) atoms. The van der Waals surface area contributed by atoms with Crippen molar-refractivity contribution in [2.24, 2.45) is 29.6 Å². The van der Waals surface area contributed by atoms with Gasteiger partial charge < -0.3 is 14.8 Å². The molecule has 5 atom stereocenters. The third-order valence-corrected chi connectivity index (χ3v) is 6.68. The molecule has 4 rings (SSSR count). The van der Waals surface area contributed by atoms with E-state index in [1.807, 2.05) is 12.2 Å². The molecule has 1 aliphatic heterocycles. The summed E-state index contributed by atoms with van der Waals surface area (Å²) in [6.07, 6.45) is 4.70. The number of rotatable bonds is 8. The molecule has 0 aromatic heterocycles. The van der Waals surface area contributed by atoms with E-state index in [2.05, 4.69) is 5.32 Å². The first-order chi connectivity index (χ1) is 16.1. The number of anilines is 1. The van der Waals surface area contributed by atoms with Gasteiger partial charge in [-0.15, -0.1) is 0 Å². The molecule has 1 saturated heterocycles. The van der Waals surface area contributed by atoms with Gasteiger partial charge in [0.25, 0.3) is 11.6 Å². The molecular weight excluding hydrogens is 446 g/mol. The summed E-state index contributed by atoms with van der Waals surface area (Å²) in [6.45, 7) is 2.63. The molecule has 2 fully saturated rings. The van der Waals surface area contributed by atoms with Crippen LogP contribution in [0.2, 0.25) is 0 Å². The number of ether oxygens (including phenoxy) is 2. The number of nitro benzene ring substituents is 1. The number of nitrogens with zero attached hydrogens (tertiary/aromatic N) is 2. The molecule has 0 spiro atoms. The molecule has 1 heterocycles. The van der Waals surface area contributed by atoms with Crippen LogP contribution in [-0.4, -0.2) is 53.3 Å². The number of esters is 1. The van der Waals surface area contributed by atoms with E-state index >= 15 is 0 Å². The van der Waals surface area contributed by atoms with Crippen LogP contribution in [0.1, 0.15) is 20.3 Å². The Morgan fingerprint density at radius 2 is 1.79 bits per heavy atom. The molecule has 180 valence electrons. The van der Waals surface area contributed by atoms with Crippen LogP contribution in [-0.2, 0) is 23.9 Å². The van der Waals surface area contributed by atoms with E-state index in [0.29, 0.717) is 0 Å². The van der Waals surface area contributed by atoms with E-state index in [0.717, 1.165) is 11.3 Å². The van der Waals surface area contributed by atoms with Crippen molar-refractivity contribution >= 4 is 35.1 Å². The van der Waals surface area contributed by atoms with Gasteiger partial charge in [-0.3, -0.25) is 29.4 Å². The fraction of sp³-hybridized carbons (Fsp3) is 0.478. The van der Waals surface area contributed by atoms with Crippen molar-refractivity contribution < 1.29 is 33.6 Å². The maximum atomic E-state index is 13.1. The number of imide groups is 1. The molecule has 3 aliphatic rings. The topological polar surface area (TPSA) is 145 Å². The van der Waals surface area contributed by atoms with Gasteiger partial charge in [0.05, 0.1) is 23.9 Å².